The Kier molecular flexibility index (Phi) is 5.42. The highest BCUT2D eigenvalue weighted by atomic mass is 16.4. The number of aliphatic carboxylic acids is 5. The zero-order valence-corrected chi connectivity index (χ0v) is 10.7. The van der Waals surface area contributed by atoms with Gasteiger partial charge in [-0.05, 0) is 13.8 Å². The van der Waals surface area contributed by atoms with Crippen LogP contribution in [0.15, 0.2) is 0 Å². The van der Waals surface area contributed by atoms with E-state index in [0.29, 0.717) is 6.92 Å². The van der Waals surface area contributed by atoms with Crippen LogP contribution in [-0.4, -0.2) is 55.4 Å². The number of carboxylic acid groups (broad SMARTS) is 5. The second-order valence-corrected chi connectivity index (χ2v) is 4.44. The third kappa shape index (κ3) is 3.27. The normalized spacial score (nSPS) is 15.5. The van der Waals surface area contributed by atoms with Crippen molar-refractivity contribution in [1.29, 1.82) is 0 Å². The van der Waals surface area contributed by atoms with Gasteiger partial charge in [-0.3, -0.25) is 24.0 Å². The van der Waals surface area contributed by atoms with Gasteiger partial charge in [0.1, 0.15) is 0 Å². The summed E-state index contributed by atoms with van der Waals surface area (Å²) in [4.78, 5) is 55.4. The molecule has 0 aliphatic heterocycles. The third-order valence-electron chi connectivity index (χ3n) is 3.17. The lowest BCUT2D eigenvalue weighted by Crippen LogP contribution is -2.53. The molecule has 3 atom stereocenters. The summed E-state index contributed by atoms with van der Waals surface area (Å²) < 4.78 is 0. The fourth-order valence-electron chi connectivity index (χ4n) is 1.82. The minimum absolute atomic E-state index is 0.501. The van der Waals surface area contributed by atoms with E-state index in [1.807, 2.05) is 0 Å². The number of hydrogen-bond donors (Lipinski definition) is 5. The zero-order valence-electron chi connectivity index (χ0n) is 10.7. The fraction of sp³-hybridized carbons (Fsp3) is 0.455. The predicted octanol–water partition coefficient (Wildman–Crippen LogP) is -0.902. The summed E-state index contributed by atoms with van der Waals surface area (Å²) in [6, 6.07) is 0. The first-order valence-corrected chi connectivity index (χ1v) is 5.37. The van der Waals surface area contributed by atoms with Crippen molar-refractivity contribution in [1.82, 2.24) is 0 Å². The minimum Gasteiger partial charge on any atom is -0.481 e. The van der Waals surface area contributed by atoms with Crippen LogP contribution in [0.1, 0.15) is 6.92 Å². The van der Waals surface area contributed by atoms with Gasteiger partial charge in [0.15, 0.2) is 5.41 Å². The molecular formula is C11H13O10. The lowest BCUT2D eigenvalue weighted by Gasteiger charge is -2.32. The average Bonchev–Trinajstić information content (AvgIpc) is 2.32. The van der Waals surface area contributed by atoms with Crippen LogP contribution in [0.4, 0.5) is 0 Å². The van der Waals surface area contributed by atoms with Crippen LogP contribution in [0, 0.1) is 30.1 Å². The summed E-state index contributed by atoms with van der Waals surface area (Å²) in [5.74, 6) is -17.0. The molecule has 0 aliphatic carbocycles. The van der Waals surface area contributed by atoms with Gasteiger partial charge in [-0.2, -0.15) is 0 Å². The second kappa shape index (κ2) is 6.20. The van der Waals surface area contributed by atoms with Crippen LogP contribution in [0.5, 0.6) is 0 Å². The van der Waals surface area contributed by atoms with Crippen molar-refractivity contribution in [2.45, 2.75) is 6.92 Å². The molecule has 21 heavy (non-hydrogen) atoms. The Hall–Kier alpha value is -2.65. The van der Waals surface area contributed by atoms with E-state index >= 15 is 0 Å². The second-order valence-electron chi connectivity index (χ2n) is 4.44. The van der Waals surface area contributed by atoms with Crippen molar-refractivity contribution in [3.8, 4) is 0 Å². The van der Waals surface area contributed by atoms with Crippen LogP contribution in [0.25, 0.3) is 0 Å². The first-order valence-electron chi connectivity index (χ1n) is 5.37. The van der Waals surface area contributed by atoms with Gasteiger partial charge in [-0.25, -0.2) is 0 Å². The van der Waals surface area contributed by atoms with E-state index in [1.54, 1.807) is 0 Å². The molecule has 117 valence electrons. The summed E-state index contributed by atoms with van der Waals surface area (Å²) >= 11 is 0. The highest BCUT2D eigenvalue weighted by Crippen LogP contribution is 2.38. The Balaban J connectivity index is 6.25. The van der Waals surface area contributed by atoms with Crippen molar-refractivity contribution >= 4 is 29.8 Å². The molecule has 0 aromatic heterocycles. The highest BCUT2D eigenvalue weighted by molar-refractivity contribution is 6.03. The van der Waals surface area contributed by atoms with Crippen LogP contribution in [0.3, 0.4) is 0 Å². The monoisotopic (exact) mass is 305 g/mol. The molecule has 3 unspecified atom stereocenters. The maximum absolute atomic E-state index is 11.2. The fourth-order valence-corrected chi connectivity index (χ4v) is 1.82. The van der Waals surface area contributed by atoms with Gasteiger partial charge in [0, 0.05) is 0 Å². The average molecular weight is 305 g/mol. The third-order valence-corrected chi connectivity index (χ3v) is 3.17. The zero-order chi connectivity index (χ0) is 17.1. The Morgan fingerprint density at radius 1 is 0.810 bits per heavy atom. The topological polar surface area (TPSA) is 186 Å². The summed E-state index contributed by atoms with van der Waals surface area (Å²) in [5, 5.41) is 44.7. The maximum atomic E-state index is 11.2. The Labute approximate surface area is 117 Å². The molecular weight excluding hydrogens is 292 g/mol. The highest BCUT2D eigenvalue weighted by Gasteiger charge is 2.59. The van der Waals surface area contributed by atoms with Crippen molar-refractivity contribution in [3.05, 3.63) is 6.92 Å². The molecule has 0 aromatic carbocycles. The summed E-state index contributed by atoms with van der Waals surface area (Å²) in [6.45, 7) is 3.47. The quantitative estimate of drug-likeness (QED) is 0.351. The molecule has 0 bridgehead atoms. The molecule has 0 spiro atoms. The van der Waals surface area contributed by atoms with Crippen molar-refractivity contribution < 1.29 is 49.5 Å². The summed E-state index contributed by atoms with van der Waals surface area (Å²) in [7, 11) is 0. The largest absolute Gasteiger partial charge is 0.481 e. The number of hydrogen-bond acceptors (Lipinski definition) is 5. The number of rotatable bonds is 8. The van der Waals surface area contributed by atoms with E-state index < -0.39 is 53.0 Å². The standard InChI is InChI=1S/C11H13O10/c1-3(6(12)13)4(7(14)15)5(8(16)17)11(2,9(18)19)10(20)21/h3-5H,1H2,2H3,(H,12,13)(H,14,15)(H,16,17)(H,18,19)(H,20,21). The Morgan fingerprint density at radius 2 is 1.19 bits per heavy atom. The van der Waals surface area contributed by atoms with E-state index in [9.17, 15) is 24.0 Å². The van der Waals surface area contributed by atoms with Crippen LogP contribution in [-0.2, 0) is 24.0 Å². The molecule has 0 aromatic rings. The van der Waals surface area contributed by atoms with Crippen molar-refractivity contribution in [3.63, 3.8) is 0 Å². The molecule has 1 radical (unpaired) electrons. The van der Waals surface area contributed by atoms with E-state index in [0.717, 1.165) is 0 Å². The van der Waals surface area contributed by atoms with E-state index in [-0.39, 0.29) is 0 Å². The molecule has 0 fully saturated rings. The first-order chi connectivity index (χ1) is 9.38. The predicted molar refractivity (Wildman–Crippen MR) is 62.1 cm³/mol. The van der Waals surface area contributed by atoms with Gasteiger partial charge >= 0.3 is 29.8 Å². The smallest absolute Gasteiger partial charge is 0.321 e. The van der Waals surface area contributed by atoms with E-state index in [2.05, 4.69) is 6.92 Å². The molecule has 0 aliphatic rings. The molecule has 5 N–H and O–H groups in total. The minimum atomic E-state index is -3.04. The van der Waals surface area contributed by atoms with Crippen LogP contribution >= 0.6 is 0 Å². The van der Waals surface area contributed by atoms with Gasteiger partial charge in [0.05, 0.1) is 17.8 Å². The van der Waals surface area contributed by atoms with Crippen molar-refractivity contribution in [2.24, 2.45) is 23.2 Å². The van der Waals surface area contributed by atoms with Crippen LogP contribution < -0.4 is 0 Å². The number of carbonyl (C=O) groups is 5. The van der Waals surface area contributed by atoms with E-state index in [1.165, 1.54) is 0 Å². The Bertz CT molecular complexity index is 479. The lowest BCUT2D eigenvalue weighted by atomic mass is 9.67. The molecule has 0 rings (SSSR count). The lowest BCUT2D eigenvalue weighted by molar-refractivity contribution is -0.182. The molecule has 10 heteroatoms. The summed E-state index contributed by atoms with van der Waals surface area (Å²) in [5.41, 5.74) is -3.04. The number of carboxylic acids is 5. The molecule has 0 heterocycles. The Morgan fingerprint density at radius 3 is 1.38 bits per heavy atom. The van der Waals surface area contributed by atoms with Crippen molar-refractivity contribution in [2.75, 3.05) is 0 Å². The molecule has 0 amide bonds. The van der Waals surface area contributed by atoms with Gasteiger partial charge in [0.2, 0.25) is 0 Å². The van der Waals surface area contributed by atoms with Gasteiger partial charge in [0.25, 0.3) is 0 Å². The maximum Gasteiger partial charge on any atom is 0.321 e. The van der Waals surface area contributed by atoms with Gasteiger partial charge in [-0.1, -0.05) is 0 Å². The first kappa shape index (κ1) is 18.4. The molecule has 0 saturated heterocycles. The molecule has 0 saturated carbocycles. The van der Waals surface area contributed by atoms with Gasteiger partial charge < -0.3 is 25.5 Å². The van der Waals surface area contributed by atoms with Gasteiger partial charge in [-0.15, -0.1) is 0 Å². The SMILES string of the molecule is [CH2]C(C(=O)O)C(C(=O)O)C(C(=O)O)C(C)(C(=O)O)C(=O)O. The molecule has 10 nitrogen and oxygen atoms in total. The van der Waals surface area contributed by atoms with E-state index in [4.69, 9.17) is 25.5 Å². The summed E-state index contributed by atoms with van der Waals surface area (Å²) in [6.07, 6.45) is 0. The van der Waals surface area contributed by atoms with Crippen LogP contribution in [0.2, 0.25) is 0 Å².